The third-order valence-electron chi connectivity index (χ3n) is 4.55. The summed E-state index contributed by atoms with van der Waals surface area (Å²) in [6.07, 6.45) is 1.01. The Hall–Kier alpha value is -0.870. The average molecular weight is 292 g/mol. The maximum atomic E-state index is 4.69. The fourth-order valence-electron chi connectivity index (χ4n) is 3.31. The third kappa shape index (κ3) is 3.86. The first-order valence-corrected chi connectivity index (χ1v) is 8.38. The summed E-state index contributed by atoms with van der Waals surface area (Å²) in [6, 6.07) is 3.42. The second-order valence-corrected chi connectivity index (χ2v) is 7.42. The van der Waals surface area contributed by atoms with Gasteiger partial charge in [0.15, 0.2) is 0 Å². The van der Waals surface area contributed by atoms with Crippen LogP contribution in [0.1, 0.15) is 52.9 Å². The molecule has 1 aliphatic rings. The lowest BCUT2D eigenvalue weighted by Gasteiger charge is -2.45. The molecule has 0 saturated carbocycles. The highest BCUT2D eigenvalue weighted by molar-refractivity contribution is 5.11. The van der Waals surface area contributed by atoms with Crippen molar-refractivity contribution in [1.29, 1.82) is 0 Å². The topological polar surface area (TPSA) is 33.1 Å². The summed E-state index contributed by atoms with van der Waals surface area (Å²) < 4.78 is 2.17. The van der Waals surface area contributed by atoms with E-state index in [0.717, 1.165) is 32.6 Å². The molecule has 2 rings (SSSR count). The molecule has 4 nitrogen and oxygen atoms in total. The molecule has 0 amide bonds. The highest BCUT2D eigenvalue weighted by Crippen LogP contribution is 2.27. The molecule has 1 aromatic heterocycles. The van der Waals surface area contributed by atoms with Crippen LogP contribution in [-0.2, 0) is 19.5 Å². The SMILES string of the molecule is CCc1cc(CN2CC(C)NCC2C(C)(C)C)n(CC)n1. The van der Waals surface area contributed by atoms with Crippen molar-refractivity contribution in [3.05, 3.63) is 17.5 Å². The van der Waals surface area contributed by atoms with Crippen LogP contribution in [0.3, 0.4) is 0 Å². The fraction of sp³-hybridized carbons (Fsp3) is 0.824. The van der Waals surface area contributed by atoms with Crippen LogP contribution in [0.25, 0.3) is 0 Å². The van der Waals surface area contributed by atoms with Gasteiger partial charge >= 0.3 is 0 Å². The van der Waals surface area contributed by atoms with E-state index >= 15 is 0 Å². The van der Waals surface area contributed by atoms with Gasteiger partial charge in [0.05, 0.1) is 11.4 Å². The maximum Gasteiger partial charge on any atom is 0.0625 e. The van der Waals surface area contributed by atoms with Crippen molar-refractivity contribution in [2.75, 3.05) is 13.1 Å². The van der Waals surface area contributed by atoms with Crippen LogP contribution in [0.15, 0.2) is 6.07 Å². The first-order valence-electron chi connectivity index (χ1n) is 8.38. The first kappa shape index (κ1) is 16.5. The predicted octanol–water partition coefficient (Wildman–Crippen LogP) is 2.67. The number of rotatable bonds is 4. The number of aromatic nitrogens is 2. The van der Waals surface area contributed by atoms with Crippen molar-refractivity contribution >= 4 is 0 Å². The number of nitrogens with one attached hydrogen (secondary N) is 1. The van der Waals surface area contributed by atoms with E-state index in [-0.39, 0.29) is 5.41 Å². The predicted molar refractivity (Wildman–Crippen MR) is 88.4 cm³/mol. The Balaban J connectivity index is 2.20. The molecule has 0 radical (unpaired) electrons. The van der Waals surface area contributed by atoms with E-state index in [1.54, 1.807) is 0 Å². The van der Waals surface area contributed by atoms with Gasteiger partial charge in [-0.2, -0.15) is 5.10 Å². The lowest BCUT2D eigenvalue weighted by atomic mass is 9.84. The lowest BCUT2D eigenvalue weighted by molar-refractivity contribution is 0.0505. The second-order valence-electron chi connectivity index (χ2n) is 7.42. The van der Waals surface area contributed by atoms with Gasteiger partial charge < -0.3 is 5.32 Å². The van der Waals surface area contributed by atoms with Crippen molar-refractivity contribution in [2.45, 2.75) is 73.1 Å². The second kappa shape index (κ2) is 6.49. The van der Waals surface area contributed by atoms with E-state index in [4.69, 9.17) is 5.10 Å². The summed E-state index contributed by atoms with van der Waals surface area (Å²) >= 11 is 0. The average Bonchev–Trinajstić information content (AvgIpc) is 2.79. The van der Waals surface area contributed by atoms with Gasteiger partial charge in [-0.25, -0.2) is 0 Å². The third-order valence-corrected chi connectivity index (χ3v) is 4.55. The minimum atomic E-state index is 0.289. The lowest BCUT2D eigenvalue weighted by Crippen LogP contribution is -2.59. The van der Waals surface area contributed by atoms with Crippen LogP contribution in [0, 0.1) is 5.41 Å². The van der Waals surface area contributed by atoms with Gasteiger partial charge in [-0.3, -0.25) is 9.58 Å². The van der Waals surface area contributed by atoms with Gasteiger partial charge in [-0.1, -0.05) is 27.7 Å². The summed E-state index contributed by atoms with van der Waals surface area (Å²) in [5.41, 5.74) is 2.86. The Morgan fingerprint density at radius 2 is 2.05 bits per heavy atom. The van der Waals surface area contributed by atoms with E-state index < -0.39 is 0 Å². The number of hydrogen-bond acceptors (Lipinski definition) is 3. The molecule has 0 aromatic carbocycles. The highest BCUT2D eigenvalue weighted by atomic mass is 15.3. The molecule has 2 atom stereocenters. The van der Waals surface area contributed by atoms with Gasteiger partial charge in [-0.05, 0) is 31.7 Å². The Morgan fingerprint density at radius 1 is 1.33 bits per heavy atom. The maximum absolute atomic E-state index is 4.69. The van der Waals surface area contributed by atoms with Gasteiger partial charge in [0.25, 0.3) is 0 Å². The van der Waals surface area contributed by atoms with Crippen molar-refractivity contribution in [1.82, 2.24) is 20.0 Å². The van der Waals surface area contributed by atoms with Gasteiger partial charge in [0.1, 0.15) is 0 Å². The van der Waals surface area contributed by atoms with Gasteiger partial charge in [-0.15, -0.1) is 0 Å². The Morgan fingerprint density at radius 3 is 2.62 bits per heavy atom. The molecular weight excluding hydrogens is 260 g/mol. The van der Waals surface area contributed by atoms with Crippen LogP contribution in [-0.4, -0.2) is 39.9 Å². The van der Waals surface area contributed by atoms with E-state index in [1.807, 2.05) is 0 Å². The zero-order chi connectivity index (χ0) is 15.6. The number of nitrogens with zero attached hydrogens (tertiary/aromatic N) is 3. The summed E-state index contributed by atoms with van der Waals surface area (Å²) in [5.74, 6) is 0. The summed E-state index contributed by atoms with van der Waals surface area (Å²) in [6.45, 7) is 17.8. The normalized spacial score (nSPS) is 24.5. The molecule has 1 N–H and O–H groups in total. The van der Waals surface area contributed by atoms with Crippen molar-refractivity contribution in [3.63, 3.8) is 0 Å². The monoisotopic (exact) mass is 292 g/mol. The quantitative estimate of drug-likeness (QED) is 0.926. The van der Waals surface area contributed by atoms with Crippen molar-refractivity contribution in [2.24, 2.45) is 5.41 Å². The largest absolute Gasteiger partial charge is 0.311 e. The molecule has 120 valence electrons. The molecule has 0 bridgehead atoms. The van der Waals surface area contributed by atoms with Crippen molar-refractivity contribution in [3.8, 4) is 0 Å². The van der Waals surface area contributed by atoms with Crippen LogP contribution < -0.4 is 5.32 Å². The van der Waals surface area contributed by atoms with Gasteiger partial charge in [0.2, 0.25) is 0 Å². The van der Waals surface area contributed by atoms with E-state index in [9.17, 15) is 0 Å². The molecule has 4 heteroatoms. The molecule has 1 fully saturated rings. The van der Waals surface area contributed by atoms with E-state index in [1.165, 1.54) is 11.4 Å². The molecular formula is C17H32N4. The highest BCUT2D eigenvalue weighted by Gasteiger charge is 2.34. The van der Waals surface area contributed by atoms with Crippen LogP contribution in [0.2, 0.25) is 0 Å². The summed E-state index contributed by atoms with van der Waals surface area (Å²) in [5, 5.41) is 8.33. The van der Waals surface area contributed by atoms with Crippen LogP contribution >= 0.6 is 0 Å². The van der Waals surface area contributed by atoms with Gasteiger partial charge in [0, 0.05) is 38.3 Å². The number of hydrogen-bond donors (Lipinski definition) is 1. The molecule has 1 saturated heterocycles. The standard InChI is InChI=1S/C17H32N4/c1-7-14-9-15(21(8-2)19-14)12-20-11-13(3)18-10-16(20)17(4,5)6/h9,13,16,18H,7-8,10-12H2,1-6H3. The molecule has 21 heavy (non-hydrogen) atoms. The zero-order valence-corrected chi connectivity index (χ0v) is 14.6. The Bertz CT molecular complexity index is 458. The smallest absolute Gasteiger partial charge is 0.0625 e. The number of aryl methyl sites for hydroxylation is 2. The number of piperazine rings is 1. The first-order chi connectivity index (χ1) is 9.85. The Kier molecular flexibility index (Phi) is 5.10. The molecule has 1 aliphatic heterocycles. The minimum Gasteiger partial charge on any atom is -0.311 e. The van der Waals surface area contributed by atoms with E-state index in [2.05, 4.69) is 62.5 Å². The molecule has 2 heterocycles. The van der Waals surface area contributed by atoms with Crippen LogP contribution in [0.5, 0.6) is 0 Å². The molecule has 2 unspecified atom stereocenters. The van der Waals surface area contributed by atoms with Crippen LogP contribution in [0.4, 0.5) is 0 Å². The fourth-order valence-corrected chi connectivity index (χ4v) is 3.31. The minimum absolute atomic E-state index is 0.289. The Labute approximate surface area is 129 Å². The van der Waals surface area contributed by atoms with E-state index in [0.29, 0.717) is 12.1 Å². The molecule has 0 spiro atoms. The molecule has 1 aromatic rings. The molecule has 0 aliphatic carbocycles. The summed E-state index contributed by atoms with van der Waals surface area (Å²) in [4.78, 5) is 2.64. The zero-order valence-electron chi connectivity index (χ0n) is 14.6. The summed E-state index contributed by atoms with van der Waals surface area (Å²) in [7, 11) is 0. The van der Waals surface area contributed by atoms with Crippen molar-refractivity contribution < 1.29 is 0 Å².